The van der Waals surface area contributed by atoms with Gasteiger partial charge in [-0.2, -0.15) is 11.8 Å². The van der Waals surface area contributed by atoms with Crippen LogP contribution in [0, 0.1) is 5.41 Å². The van der Waals surface area contributed by atoms with E-state index in [1.54, 1.807) is 0 Å². The summed E-state index contributed by atoms with van der Waals surface area (Å²) in [6.07, 6.45) is 5.00. The molecule has 0 radical (unpaired) electrons. The molecule has 1 unspecified atom stereocenters. The average Bonchev–Trinajstić information content (AvgIpc) is 3.16. The topological polar surface area (TPSA) is 78.4 Å². The lowest BCUT2D eigenvalue weighted by Crippen LogP contribution is -2.43. The van der Waals surface area contributed by atoms with E-state index < -0.39 is 11.4 Å². The van der Waals surface area contributed by atoms with Gasteiger partial charge in [0.1, 0.15) is 0 Å². The lowest BCUT2D eigenvalue weighted by molar-refractivity contribution is -0.143. The number of hydrogen-bond acceptors (Lipinski definition) is 3. The van der Waals surface area contributed by atoms with Crippen LogP contribution in [0.3, 0.4) is 0 Å². The molecule has 0 bridgehead atoms. The Bertz CT molecular complexity index is 325. The first-order valence-corrected chi connectivity index (χ1v) is 7.54. The molecule has 2 rings (SSSR count). The van der Waals surface area contributed by atoms with Gasteiger partial charge in [-0.1, -0.05) is 6.42 Å². The van der Waals surface area contributed by atoms with Crippen molar-refractivity contribution in [2.75, 3.05) is 18.8 Å². The minimum Gasteiger partial charge on any atom is -0.481 e. The maximum Gasteiger partial charge on any atom is 0.314 e. The molecule has 0 spiro atoms. The Kier molecular flexibility index (Phi) is 4.37. The normalized spacial score (nSPS) is 25.2. The van der Waals surface area contributed by atoms with Gasteiger partial charge in [0, 0.05) is 18.3 Å². The molecule has 2 aliphatic rings. The van der Waals surface area contributed by atoms with E-state index in [0.717, 1.165) is 6.42 Å². The highest BCUT2D eigenvalue weighted by atomic mass is 32.2. The lowest BCUT2D eigenvalue weighted by atomic mass is 10.1. The van der Waals surface area contributed by atoms with Crippen molar-refractivity contribution in [2.24, 2.45) is 5.41 Å². The SMILES string of the molecule is O=C(NCC1CCCCS1)NCC1(C(=O)O)CC1. The number of urea groups is 1. The van der Waals surface area contributed by atoms with E-state index >= 15 is 0 Å². The molecule has 0 aromatic carbocycles. The van der Waals surface area contributed by atoms with E-state index in [0.29, 0.717) is 24.6 Å². The van der Waals surface area contributed by atoms with Crippen LogP contribution in [0.4, 0.5) is 4.79 Å². The first kappa shape index (κ1) is 13.5. The van der Waals surface area contributed by atoms with Crippen molar-refractivity contribution in [1.82, 2.24) is 10.6 Å². The molecule has 3 N–H and O–H groups in total. The number of carboxylic acids is 1. The third kappa shape index (κ3) is 3.54. The molecule has 1 saturated heterocycles. The number of thioether (sulfide) groups is 1. The zero-order chi connectivity index (χ0) is 13.0. The summed E-state index contributed by atoms with van der Waals surface area (Å²) in [6.45, 7) is 0.919. The summed E-state index contributed by atoms with van der Waals surface area (Å²) >= 11 is 1.91. The molecule has 2 amide bonds. The number of rotatable bonds is 5. The number of carbonyl (C=O) groups is 2. The predicted molar refractivity (Wildman–Crippen MR) is 70.8 cm³/mol. The standard InChI is InChI=1S/C12H20N2O3S/c15-10(16)12(4-5-12)8-14-11(17)13-7-9-3-1-2-6-18-9/h9H,1-8H2,(H,15,16)(H2,13,14,17). The Balaban J connectivity index is 1.62. The largest absolute Gasteiger partial charge is 0.481 e. The number of aliphatic carboxylic acids is 1. The van der Waals surface area contributed by atoms with Crippen molar-refractivity contribution in [2.45, 2.75) is 37.4 Å². The van der Waals surface area contributed by atoms with E-state index in [1.807, 2.05) is 11.8 Å². The van der Waals surface area contributed by atoms with Crippen molar-refractivity contribution in [1.29, 1.82) is 0 Å². The van der Waals surface area contributed by atoms with Crippen molar-refractivity contribution in [3.05, 3.63) is 0 Å². The van der Waals surface area contributed by atoms with E-state index in [-0.39, 0.29) is 12.6 Å². The number of amides is 2. The summed E-state index contributed by atoms with van der Waals surface area (Å²) in [5, 5.41) is 15.0. The van der Waals surface area contributed by atoms with Gasteiger partial charge in [0.2, 0.25) is 0 Å². The Morgan fingerprint density at radius 3 is 2.61 bits per heavy atom. The minimum absolute atomic E-state index is 0.242. The Morgan fingerprint density at radius 2 is 2.06 bits per heavy atom. The van der Waals surface area contributed by atoms with Crippen LogP contribution in [0.25, 0.3) is 0 Å². The first-order valence-electron chi connectivity index (χ1n) is 6.49. The van der Waals surface area contributed by atoms with Crippen LogP contribution in [0.1, 0.15) is 32.1 Å². The van der Waals surface area contributed by atoms with Crippen LogP contribution in [0.15, 0.2) is 0 Å². The molecule has 2 fully saturated rings. The van der Waals surface area contributed by atoms with Gasteiger partial charge in [-0.05, 0) is 31.4 Å². The average molecular weight is 272 g/mol. The summed E-state index contributed by atoms with van der Waals surface area (Å²) in [7, 11) is 0. The van der Waals surface area contributed by atoms with Crippen molar-refractivity contribution >= 4 is 23.8 Å². The molecular weight excluding hydrogens is 252 g/mol. The molecule has 5 nitrogen and oxygen atoms in total. The summed E-state index contributed by atoms with van der Waals surface area (Å²) in [5.74, 6) is 0.376. The fourth-order valence-corrected chi connectivity index (χ4v) is 3.34. The fraction of sp³-hybridized carbons (Fsp3) is 0.833. The highest BCUT2D eigenvalue weighted by Gasteiger charge is 2.50. The molecule has 1 atom stereocenters. The number of carbonyl (C=O) groups excluding carboxylic acids is 1. The third-order valence-electron chi connectivity index (χ3n) is 3.66. The zero-order valence-corrected chi connectivity index (χ0v) is 11.2. The van der Waals surface area contributed by atoms with Crippen LogP contribution in [0.2, 0.25) is 0 Å². The molecule has 1 aliphatic carbocycles. The van der Waals surface area contributed by atoms with Gasteiger partial charge < -0.3 is 15.7 Å². The highest BCUT2D eigenvalue weighted by molar-refractivity contribution is 7.99. The van der Waals surface area contributed by atoms with Crippen molar-refractivity contribution in [3.8, 4) is 0 Å². The van der Waals surface area contributed by atoms with Crippen LogP contribution in [0.5, 0.6) is 0 Å². The number of hydrogen-bond donors (Lipinski definition) is 3. The van der Waals surface area contributed by atoms with E-state index in [9.17, 15) is 9.59 Å². The van der Waals surface area contributed by atoms with Crippen LogP contribution < -0.4 is 10.6 Å². The van der Waals surface area contributed by atoms with Crippen molar-refractivity contribution in [3.63, 3.8) is 0 Å². The molecule has 1 aliphatic heterocycles. The molecule has 1 saturated carbocycles. The second kappa shape index (κ2) is 5.82. The molecule has 1 heterocycles. The summed E-state index contributed by atoms with van der Waals surface area (Å²) in [5.41, 5.74) is -0.684. The van der Waals surface area contributed by atoms with Gasteiger partial charge in [-0.15, -0.1) is 0 Å². The molecule has 0 aromatic rings. The predicted octanol–water partition coefficient (Wildman–Crippen LogP) is 1.44. The first-order chi connectivity index (χ1) is 8.62. The molecular formula is C12H20N2O3S. The Hall–Kier alpha value is -0.910. The number of carboxylic acid groups (broad SMARTS) is 1. The molecule has 0 aromatic heterocycles. The lowest BCUT2D eigenvalue weighted by Gasteiger charge is -2.21. The van der Waals surface area contributed by atoms with Gasteiger partial charge >= 0.3 is 12.0 Å². The molecule has 102 valence electrons. The van der Waals surface area contributed by atoms with Gasteiger partial charge in [0.15, 0.2) is 0 Å². The highest BCUT2D eigenvalue weighted by Crippen LogP contribution is 2.45. The van der Waals surface area contributed by atoms with Gasteiger partial charge in [0.25, 0.3) is 0 Å². The maximum absolute atomic E-state index is 11.6. The Labute approximate surface area is 111 Å². The monoisotopic (exact) mass is 272 g/mol. The quantitative estimate of drug-likeness (QED) is 0.707. The van der Waals surface area contributed by atoms with Crippen LogP contribution >= 0.6 is 11.8 Å². The van der Waals surface area contributed by atoms with E-state index in [1.165, 1.54) is 18.6 Å². The number of nitrogens with one attached hydrogen (secondary N) is 2. The van der Waals surface area contributed by atoms with Gasteiger partial charge in [-0.25, -0.2) is 4.79 Å². The summed E-state index contributed by atoms with van der Waals surface area (Å²) in [4.78, 5) is 22.5. The Morgan fingerprint density at radius 1 is 1.28 bits per heavy atom. The van der Waals surface area contributed by atoms with E-state index in [4.69, 9.17) is 5.11 Å². The van der Waals surface area contributed by atoms with Gasteiger partial charge in [0.05, 0.1) is 5.41 Å². The fourth-order valence-electron chi connectivity index (χ4n) is 2.10. The second-order valence-corrected chi connectivity index (χ2v) is 6.55. The smallest absolute Gasteiger partial charge is 0.314 e. The molecule has 18 heavy (non-hydrogen) atoms. The van der Waals surface area contributed by atoms with Crippen LogP contribution in [-0.2, 0) is 4.79 Å². The van der Waals surface area contributed by atoms with Gasteiger partial charge in [-0.3, -0.25) is 4.79 Å². The minimum atomic E-state index is -0.800. The summed E-state index contributed by atoms with van der Waals surface area (Å²) < 4.78 is 0. The van der Waals surface area contributed by atoms with Crippen LogP contribution in [-0.4, -0.2) is 41.2 Å². The third-order valence-corrected chi connectivity index (χ3v) is 5.06. The zero-order valence-electron chi connectivity index (χ0n) is 10.4. The van der Waals surface area contributed by atoms with E-state index in [2.05, 4.69) is 10.6 Å². The second-order valence-electron chi connectivity index (χ2n) is 5.14. The summed E-state index contributed by atoms with van der Waals surface area (Å²) in [6, 6.07) is -0.242. The maximum atomic E-state index is 11.6. The molecule has 6 heteroatoms. The van der Waals surface area contributed by atoms with Crippen molar-refractivity contribution < 1.29 is 14.7 Å².